The van der Waals surface area contributed by atoms with E-state index in [2.05, 4.69) is 26.4 Å². The maximum absolute atomic E-state index is 2.54. The smallest absolute Gasteiger partial charge is 0.000311 e. The van der Waals surface area contributed by atoms with Gasteiger partial charge in [0, 0.05) is 0 Å². The van der Waals surface area contributed by atoms with Gasteiger partial charge in [-0.1, -0.05) is 33.1 Å². The highest BCUT2D eigenvalue weighted by Crippen LogP contribution is 2.51. The summed E-state index contributed by atoms with van der Waals surface area (Å²) in [5.74, 6) is 2.65. The first kappa shape index (κ1) is 13.8. The summed E-state index contributed by atoms with van der Waals surface area (Å²) in [6.45, 7) is 5.06. The molecular weight excluding hydrogens is 220 g/mol. The van der Waals surface area contributed by atoms with Gasteiger partial charge in [-0.2, -0.15) is 23.5 Å². The van der Waals surface area contributed by atoms with Gasteiger partial charge in [0.25, 0.3) is 0 Å². The molecular formula is C13H26S2. The molecule has 1 aliphatic rings. The Morgan fingerprint density at radius 3 is 1.87 bits per heavy atom. The van der Waals surface area contributed by atoms with Crippen LogP contribution in [0.25, 0.3) is 0 Å². The molecule has 0 saturated heterocycles. The molecule has 0 unspecified atom stereocenters. The third kappa shape index (κ3) is 3.09. The van der Waals surface area contributed by atoms with Crippen molar-refractivity contribution in [2.24, 2.45) is 10.8 Å². The van der Waals surface area contributed by atoms with E-state index in [1.807, 2.05) is 23.5 Å². The molecule has 0 aliphatic heterocycles. The van der Waals surface area contributed by atoms with Crippen LogP contribution in [0.5, 0.6) is 0 Å². The molecule has 1 saturated carbocycles. The average Bonchev–Trinajstić information content (AvgIpc) is 2.19. The van der Waals surface area contributed by atoms with E-state index in [0.717, 1.165) is 0 Å². The molecule has 0 aromatic carbocycles. The topological polar surface area (TPSA) is 0 Å². The lowest BCUT2D eigenvalue weighted by Crippen LogP contribution is -2.43. The van der Waals surface area contributed by atoms with Gasteiger partial charge in [-0.15, -0.1) is 0 Å². The summed E-state index contributed by atoms with van der Waals surface area (Å²) in [7, 11) is 0. The second-order valence-electron chi connectivity index (χ2n) is 5.55. The van der Waals surface area contributed by atoms with E-state index in [1.54, 1.807) is 0 Å². The van der Waals surface area contributed by atoms with Gasteiger partial charge in [0.15, 0.2) is 0 Å². The van der Waals surface area contributed by atoms with Gasteiger partial charge in [0.2, 0.25) is 0 Å². The van der Waals surface area contributed by atoms with E-state index in [-0.39, 0.29) is 0 Å². The van der Waals surface area contributed by atoms with E-state index in [4.69, 9.17) is 0 Å². The molecule has 0 aromatic rings. The minimum atomic E-state index is 0.534. The van der Waals surface area contributed by atoms with Gasteiger partial charge in [-0.3, -0.25) is 0 Å². The molecule has 2 heteroatoms. The second-order valence-corrected chi connectivity index (χ2v) is 7.28. The first-order chi connectivity index (χ1) is 7.08. The van der Waals surface area contributed by atoms with Crippen LogP contribution >= 0.6 is 23.5 Å². The summed E-state index contributed by atoms with van der Waals surface area (Å²) < 4.78 is 0. The molecule has 0 nitrogen and oxygen atoms in total. The van der Waals surface area contributed by atoms with Gasteiger partial charge in [0.1, 0.15) is 0 Å². The molecule has 0 heterocycles. The Morgan fingerprint density at radius 2 is 1.47 bits per heavy atom. The fraction of sp³-hybridized carbons (Fsp3) is 1.00. The number of rotatable bonds is 5. The van der Waals surface area contributed by atoms with Crippen molar-refractivity contribution in [1.29, 1.82) is 0 Å². The van der Waals surface area contributed by atoms with E-state index < -0.39 is 0 Å². The van der Waals surface area contributed by atoms with Crippen LogP contribution in [0, 0.1) is 10.8 Å². The molecule has 15 heavy (non-hydrogen) atoms. The highest BCUT2D eigenvalue weighted by atomic mass is 32.2. The van der Waals surface area contributed by atoms with Crippen LogP contribution in [0.15, 0.2) is 0 Å². The second kappa shape index (κ2) is 5.86. The maximum Gasteiger partial charge on any atom is -0.000311 e. The summed E-state index contributed by atoms with van der Waals surface area (Å²) in [5, 5.41) is 0. The SMILES string of the molecule is CSCC(C)(CSC)C1(C)CCCCC1. The molecule has 0 aromatic heterocycles. The summed E-state index contributed by atoms with van der Waals surface area (Å²) >= 11 is 4.05. The molecule has 0 atom stereocenters. The summed E-state index contributed by atoms with van der Waals surface area (Å²) in [6.07, 6.45) is 11.8. The molecule has 0 bridgehead atoms. The minimum Gasteiger partial charge on any atom is -0.165 e. The van der Waals surface area contributed by atoms with Crippen LogP contribution in [-0.2, 0) is 0 Å². The fourth-order valence-corrected chi connectivity index (χ4v) is 5.27. The monoisotopic (exact) mass is 246 g/mol. The summed E-state index contributed by atoms with van der Waals surface area (Å²) in [6, 6.07) is 0. The van der Waals surface area contributed by atoms with Crippen molar-refractivity contribution in [3.8, 4) is 0 Å². The molecule has 0 N–H and O–H groups in total. The van der Waals surface area contributed by atoms with Crippen LogP contribution in [0.1, 0.15) is 46.0 Å². The maximum atomic E-state index is 2.54. The van der Waals surface area contributed by atoms with Crippen molar-refractivity contribution in [3.05, 3.63) is 0 Å². The third-order valence-electron chi connectivity index (χ3n) is 4.34. The quantitative estimate of drug-likeness (QED) is 0.690. The van der Waals surface area contributed by atoms with Crippen molar-refractivity contribution >= 4 is 23.5 Å². The highest BCUT2D eigenvalue weighted by Gasteiger charge is 2.43. The number of hydrogen-bond donors (Lipinski definition) is 0. The average molecular weight is 246 g/mol. The Balaban J connectivity index is 2.75. The first-order valence-electron chi connectivity index (χ1n) is 6.06. The van der Waals surface area contributed by atoms with Crippen LogP contribution < -0.4 is 0 Å². The molecule has 1 aliphatic carbocycles. The van der Waals surface area contributed by atoms with E-state index in [9.17, 15) is 0 Å². The molecule has 1 fully saturated rings. The molecule has 0 radical (unpaired) electrons. The number of thioether (sulfide) groups is 2. The molecule has 0 amide bonds. The van der Waals surface area contributed by atoms with Crippen LogP contribution in [0.3, 0.4) is 0 Å². The third-order valence-corrected chi connectivity index (χ3v) is 6.19. The molecule has 0 spiro atoms. The lowest BCUT2D eigenvalue weighted by atomic mass is 9.60. The Bertz CT molecular complexity index is 177. The van der Waals surface area contributed by atoms with Crippen LogP contribution in [0.4, 0.5) is 0 Å². The van der Waals surface area contributed by atoms with Gasteiger partial charge in [0.05, 0.1) is 0 Å². The van der Waals surface area contributed by atoms with Gasteiger partial charge in [-0.25, -0.2) is 0 Å². The van der Waals surface area contributed by atoms with Gasteiger partial charge >= 0.3 is 0 Å². The van der Waals surface area contributed by atoms with Crippen LogP contribution in [0.2, 0.25) is 0 Å². The van der Waals surface area contributed by atoms with Crippen molar-refractivity contribution in [2.45, 2.75) is 46.0 Å². The predicted octanol–water partition coefficient (Wildman–Crippen LogP) is 4.69. The van der Waals surface area contributed by atoms with Crippen molar-refractivity contribution < 1.29 is 0 Å². The fourth-order valence-electron chi connectivity index (χ4n) is 2.96. The Hall–Kier alpha value is 0.700. The largest absolute Gasteiger partial charge is 0.165 e. The normalized spacial score (nSPS) is 21.6. The standard InChI is InChI=1S/C13H26S2/c1-12(8-6-5-7-9-12)13(2,10-14-3)11-15-4/h5-11H2,1-4H3. The van der Waals surface area contributed by atoms with E-state index >= 15 is 0 Å². The van der Waals surface area contributed by atoms with Crippen molar-refractivity contribution in [1.82, 2.24) is 0 Å². The minimum absolute atomic E-state index is 0.534. The number of hydrogen-bond acceptors (Lipinski definition) is 2. The summed E-state index contributed by atoms with van der Waals surface area (Å²) in [5.41, 5.74) is 1.13. The lowest BCUT2D eigenvalue weighted by molar-refractivity contribution is 0.0684. The van der Waals surface area contributed by atoms with Gasteiger partial charge in [-0.05, 0) is 47.7 Å². The first-order valence-corrected chi connectivity index (χ1v) is 8.85. The Morgan fingerprint density at radius 1 is 1.00 bits per heavy atom. The molecule has 1 rings (SSSR count). The highest BCUT2D eigenvalue weighted by molar-refractivity contribution is 7.99. The zero-order valence-corrected chi connectivity index (χ0v) is 12.4. The van der Waals surface area contributed by atoms with Crippen molar-refractivity contribution in [2.75, 3.05) is 24.0 Å². The zero-order chi connectivity index (χ0) is 11.4. The summed E-state index contributed by atoms with van der Waals surface area (Å²) in [4.78, 5) is 0. The zero-order valence-electron chi connectivity index (χ0n) is 10.8. The Kier molecular flexibility index (Phi) is 5.38. The van der Waals surface area contributed by atoms with E-state index in [1.165, 1.54) is 43.6 Å². The lowest BCUT2D eigenvalue weighted by Gasteiger charge is -2.49. The molecule has 90 valence electrons. The van der Waals surface area contributed by atoms with Crippen molar-refractivity contribution in [3.63, 3.8) is 0 Å². The van der Waals surface area contributed by atoms with E-state index in [0.29, 0.717) is 10.8 Å². The Labute approximate surface area is 104 Å². The van der Waals surface area contributed by atoms with Gasteiger partial charge < -0.3 is 0 Å². The predicted molar refractivity (Wildman–Crippen MR) is 76.1 cm³/mol. The van der Waals surface area contributed by atoms with Crippen LogP contribution in [-0.4, -0.2) is 24.0 Å².